The number of aliphatic hydroxyl groups excluding tert-OH is 4. The topological polar surface area (TPSA) is 118 Å². The number of methoxy groups -OCH3 is 4. The van der Waals surface area contributed by atoms with Crippen LogP contribution in [0, 0.1) is 0 Å². The number of ether oxygens (including phenoxy) is 4. The number of hydrogen-bond acceptors (Lipinski definition) is 8. The molecule has 0 aliphatic carbocycles. The lowest BCUT2D eigenvalue weighted by molar-refractivity contribution is 0.0213. The molecule has 0 heterocycles. The van der Waals surface area contributed by atoms with Gasteiger partial charge in [0.1, 0.15) is 0 Å². The second kappa shape index (κ2) is 10.6. The van der Waals surface area contributed by atoms with Gasteiger partial charge in [0, 0.05) is 28.4 Å². The Labute approximate surface area is 126 Å². The van der Waals surface area contributed by atoms with Gasteiger partial charge < -0.3 is 39.4 Å². The Kier molecular flexibility index (Phi) is 10.5. The zero-order valence-electron chi connectivity index (χ0n) is 13.1. The lowest BCUT2D eigenvalue weighted by atomic mass is 10.7. The molecule has 0 radical (unpaired) electrons. The predicted molar refractivity (Wildman–Crippen MR) is 77.3 cm³/mol. The van der Waals surface area contributed by atoms with Crippen molar-refractivity contribution < 1.29 is 39.4 Å². The maximum absolute atomic E-state index is 10.4. The fourth-order valence-electron chi connectivity index (χ4n) is 2.54. The second-order valence-electron chi connectivity index (χ2n) is 4.88. The highest BCUT2D eigenvalue weighted by molar-refractivity contribution is 6.84. The molecular weight excluding hydrogens is 300 g/mol. The minimum absolute atomic E-state index is 0.130. The Hall–Kier alpha value is -0.103. The molecule has 0 fully saturated rings. The van der Waals surface area contributed by atoms with Crippen molar-refractivity contribution in [2.75, 3.05) is 54.9 Å². The molecule has 0 bridgehead atoms. The molecule has 0 saturated carbocycles. The zero-order chi connectivity index (χ0) is 16.5. The van der Waals surface area contributed by atoms with E-state index in [0.29, 0.717) is 0 Å². The summed E-state index contributed by atoms with van der Waals surface area (Å²) in [5.74, 6) is 0. The van der Waals surface area contributed by atoms with Crippen LogP contribution in [0.5, 0.6) is 0 Å². The van der Waals surface area contributed by atoms with Crippen molar-refractivity contribution in [3.63, 3.8) is 0 Å². The van der Waals surface area contributed by atoms with Gasteiger partial charge in [-0.1, -0.05) is 0 Å². The average molecular weight is 328 g/mol. The van der Waals surface area contributed by atoms with Gasteiger partial charge in [-0.3, -0.25) is 0 Å². The molecule has 4 N–H and O–H groups in total. The smallest absolute Gasteiger partial charge is 0.192 e. The third-order valence-corrected chi connectivity index (χ3v) is 8.89. The molecule has 4 unspecified atom stereocenters. The van der Waals surface area contributed by atoms with E-state index in [4.69, 9.17) is 18.9 Å². The van der Waals surface area contributed by atoms with Crippen LogP contribution in [-0.2, 0) is 18.9 Å². The van der Waals surface area contributed by atoms with Gasteiger partial charge in [-0.2, -0.15) is 0 Å². The summed E-state index contributed by atoms with van der Waals surface area (Å²) in [4.78, 5) is 0. The van der Waals surface area contributed by atoms with E-state index in [0.717, 1.165) is 0 Å². The first-order valence-corrected chi connectivity index (χ1v) is 8.92. The van der Waals surface area contributed by atoms with Crippen molar-refractivity contribution in [2.24, 2.45) is 0 Å². The van der Waals surface area contributed by atoms with Crippen LogP contribution in [0.1, 0.15) is 0 Å². The maximum atomic E-state index is 10.4. The highest BCUT2D eigenvalue weighted by Gasteiger charge is 2.58. The summed E-state index contributed by atoms with van der Waals surface area (Å²) < 4.78 is 19.7. The Bertz CT molecular complexity index is 214. The van der Waals surface area contributed by atoms with E-state index < -0.39 is 31.0 Å². The molecule has 128 valence electrons. The first-order chi connectivity index (χ1) is 9.93. The van der Waals surface area contributed by atoms with E-state index in [1.807, 2.05) is 0 Å². The van der Waals surface area contributed by atoms with Gasteiger partial charge in [0.25, 0.3) is 0 Å². The van der Waals surface area contributed by atoms with E-state index in [9.17, 15) is 20.4 Å². The van der Waals surface area contributed by atoms with Crippen LogP contribution < -0.4 is 0 Å². The lowest BCUT2D eigenvalue weighted by Gasteiger charge is -2.45. The van der Waals surface area contributed by atoms with Crippen LogP contribution >= 0.6 is 0 Å². The first-order valence-electron chi connectivity index (χ1n) is 6.61. The van der Waals surface area contributed by atoms with E-state index in [-0.39, 0.29) is 26.4 Å². The third-order valence-electron chi connectivity index (χ3n) is 3.61. The van der Waals surface area contributed by atoms with Crippen LogP contribution in [0.15, 0.2) is 0 Å². The molecule has 0 aliphatic heterocycles. The first kappa shape index (κ1) is 20.9. The standard InChI is InChI=1S/C12H28O8Si/c1-17-5-9(13)21(10(14)6-18-2,11(15)7-19-3)12(16)8-20-4/h9-16H,5-8H2,1-4H3. The van der Waals surface area contributed by atoms with Crippen molar-refractivity contribution in [1.82, 2.24) is 0 Å². The highest BCUT2D eigenvalue weighted by Crippen LogP contribution is 2.25. The monoisotopic (exact) mass is 328 g/mol. The fraction of sp³-hybridized carbons (Fsp3) is 1.00. The molecule has 0 aliphatic rings. The van der Waals surface area contributed by atoms with Crippen molar-refractivity contribution in [1.29, 1.82) is 0 Å². The Balaban J connectivity index is 5.67. The SMILES string of the molecule is COCC(O)[Si](C(O)COC)(C(O)COC)C(O)COC. The van der Waals surface area contributed by atoms with Gasteiger partial charge >= 0.3 is 0 Å². The molecule has 9 heteroatoms. The molecule has 0 aromatic rings. The normalized spacial score (nSPS) is 20.6. The van der Waals surface area contributed by atoms with Gasteiger partial charge in [-0.25, -0.2) is 0 Å². The molecule has 21 heavy (non-hydrogen) atoms. The molecule has 8 nitrogen and oxygen atoms in total. The van der Waals surface area contributed by atoms with Gasteiger partial charge in [-0.15, -0.1) is 0 Å². The summed E-state index contributed by atoms with van der Waals surface area (Å²) in [6, 6.07) is 0. The van der Waals surface area contributed by atoms with E-state index in [2.05, 4.69) is 0 Å². The average Bonchev–Trinajstić information content (AvgIpc) is 2.40. The van der Waals surface area contributed by atoms with Crippen LogP contribution in [-0.4, -0.2) is 106 Å². The molecule has 0 rings (SSSR count). The molecule has 0 aromatic heterocycles. The van der Waals surface area contributed by atoms with Crippen LogP contribution in [0.3, 0.4) is 0 Å². The lowest BCUT2D eigenvalue weighted by Crippen LogP contribution is -2.76. The maximum Gasteiger partial charge on any atom is 0.192 e. The Morgan fingerprint density at radius 1 is 0.571 bits per heavy atom. The van der Waals surface area contributed by atoms with Crippen LogP contribution in [0.25, 0.3) is 0 Å². The minimum atomic E-state index is -3.57. The van der Waals surface area contributed by atoms with Crippen molar-refractivity contribution >= 4 is 8.07 Å². The second-order valence-corrected chi connectivity index (χ2v) is 9.55. The van der Waals surface area contributed by atoms with Gasteiger partial charge in [0.05, 0.1) is 49.3 Å². The summed E-state index contributed by atoms with van der Waals surface area (Å²) in [6.45, 7) is -0.522. The summed E-state index contributed by atoms with van der Waals surface area (Å²) in [5.41, 5.74) is -4.88. The van der Waals surface area contributed by atoms with Gasteiger partial charge in [0.2, 0.25) is 0 Å². The van der Waals surface area contributed by atoms with Gasteiger partial charge in [0.15, 0.2) is 8.07 Å². The van der Waals surface area contributed by atoms with Crippen LogP contribution in [0.4, 0.5) is 0 Å². The van der Waals surface area contributed by atoms with Crippen molar-refractivity contribution in [2.45, 2.75) is 22.9 Å². The minimum Gasteiger partial charge on any atom is -0.394 e. The molecule has 4 atom stereocenters. The number of rotatable bonds is 12. The number of aliphatic hydroxyl groups is 4. The van der Waals surface area contributed by atoms with E-state index in [1.54, 1.807) is 0 Å². The number of hydrogen-bond donors (Lipinski definition) is 4. The molecule has 0 spiro atoms. The fourth-order valence-corrected chi connectivity index (χ4v) is 7.03. The largest absolute Gasteiger partial charge is 0.394 e. The summed E-state index contributed by atoms with van der Waals surface area (Å²) in [7, 11) is 1.97. The van der Waals surface area contributed by atoms with E-state index >= 15 is 0 Å². The third kappa shape index (κ3) is 4.95. The zero-order valence-corrected chi connectivity index (χ0v) is 14.1. The Morgan fingerprint density at radius 3 is 0.905 bits per heavy atom. The van der Waals surface area contributed by atoms with Crippen molar-refractivity contribution in [3.05, 3.63) is 0 Å². The van der Waals surface area contributed by atoms with Gasteiger partial charge in [-0.05, 0) is 0 Å². The van der Waals surface area contributed by atoms with E-state index in [1.165, 1.54) is 28.4 Å². The van der Waals surface area contributed by atoms with Crippen molar-refractivity contribution in [3.8, 4) is 0 Å². The Morgan fingerprint density at radius 2 is 0.762 bits per heavy atom. The molecule has 0 saturated heterocycles. The summed E-state index contributed by atoms with van der Waals surface area (Å²) in [5, 5.41) is 41.8. The highest BCUT2D eigenvalue weighted by atomic mass is 28.3. The summed E-state index contributed by atoms with van der Waals surface area (Å²) in [6.07, 6.45) is 0. The molecule has 0 aromatic carbocycles. The summed E-state index contributed by atoms with van der Waals surface area (Å²) >= 11 is 0. The molecule has 0 amide bonds. The molecular formula is C12H28O8Si. The predicted octanol–water partition coefficient (Wildman–Crippen LogP) is -2.38. The quantitative estimate of drug-likeness (QED) is 0.293. The van der Waals surface area contributed by atoms with Crippen LogP contribution in [0.2, 0.25) is 0 Å².